The van der Waals surface area contributed by atoms with Crippen molar-refractivity contribution < 1.29 is 4.74 Å². The molecule has 1 heterocycles. The minimum atomic E-state index is 0. The lowest BCUT2D eigenvalue weighted by atomic mass is 10.2. The maximum Gasteiger partial charge on any atom is 0.191 e. The van der Waals surface area contributed by atoms with Crippen LogP contribution in [0.5, 0.6) is 0 Å². The van der Waals surface area contributed by atoms with E-state index in [0.717, 1.165) is 84.4 Å². The van der Waals surface area contributed by atoms with Gasteiger partial charge in [-0.1, -0.05) is 18.2 Å². The first-order valence-corrected chi connectivity index (χ1v) is 10.5. The summed E-state index contributed by atoms with van der Waals surface area (Å²) >= 11 is 0. The van der Waals surface area contributed by atoms with Crippen LogP contribution in [0.4, 0.5) is 5.69 Å². The Kier molecular flexibility index (Phi) is 14.1. The largest absolute Gasteiger partial charge is 0.382 e. The molecule has 0 bridgehead atoms. The van der Waals surface area contributed by atoms with Crippen molar-refractivity contribution in [3.8, 4) is 0 Å². The second-order valence-corrected chi connectivity index (χ2v) is 6.76. The smallest absolute Gasteiger partial charge is 0.191 e. The second-order valence-electron chi connectivity index (χ2n) is 6.76. The van der Waals surface area contributed by atoms with Crippen LogP contribution in [0, 0.1) is 0 Å². The Bertz CT molecular complexity index is 521. The fraction of sp³-hybridized carbons (Fsp3) is 0.667. The van der Waals surface area contributed by atoms with E-state index in [2.05, 4.69) is 62.7 Å². The number of piperazine rings is 1. The molecule has 1 fully saturated rings. The minimum Gasteiger partial charge on any atom is -0.382 e. The third-order valence-corrected chi connectivity index (χ3v) is 4.70. The van der Waals surface area contributed by atoms with Gasteiger partial charge in [-0.2, -0.15) is 0 Å². The molecule has 0 saturated carbocycles. The number of benzene rings is 1. The molecule has 2 N–H and O–H groups in total. The van der Waals surface area contributed by atoms with Gasteiger partial charge < -0.3 is 20.3 Å². The van der Waals surface area contributed by atoms with Gasteiger partial charge in [0.25, 0.3) is 0 Å². The average Bonchev–Trinajstić information content (AvgIpc) is 2.72. The number of hydrogen-bond acceptors (Lipinski definition) is 4. The molecule has 0 unspecified atom stereocenters. The molecular formula is C21H38IN5O. The quantitative estimate of drug-likeness (QED) is 0.211. The molecule has 0 spiro atoms. The number of rotatable bonds is 11. The molecule has 0 amide bonds. The highest BCUT2D eigenvalue weighted by atomic mass is 127. The van der Waals surface area contributed by atoms with E-state index in [-0.39, 0.29) is 24.0 Å². The van der Waals surface area contributed by atoms with E-state index >= 15 is 0 Å². The Morgan fingerprint density at radius 3 is 2.46 bits per heavy atom. The number of nitrogens with one attached hydrogen (secondary N) is 2. The van der Waals surface area contributed by atoms with Gasteiger partial charge in [0.2, 0.25) is 0 Å². The average molecular weight is 503 g/mol. The van der Waals surface area contributed by atoms with Gasteiger partial charge in [-0.25, -0.2) is 0 Å². The molecule has 1 aromatic rings. The number of nitrogens with zero attached hydrogens (tertiary/aromatic N) is 3. The molecule has 1 aliphatic rings. The van der Waals surface area contributed by atoms with Gasteiger partial charge in [0.15, 0.2) is 5.96 Å². The van der Waals surface area contributed by atoms with Crippen LogP contribution in [-0.4, -0.2) is 76.4 Å². The first kappa shape index (κ1) is 25.0. The number of ether oxygens (including phenoxy) is 1. The van der Waals surface area contributed by atoms with Crippen LogP contribution >= 0.6 is 24.0 Å². The molecule has 6 nitrogen and oxygen atoms in total. The molecule has 160 valence electrons. The van der Waals surface area contributed by atoms with E-state index < -0.39 is 0 Å². The zero-order chi connectivity index (χ0) is 19.2. The van der Waals surface area contributed by atoms with E-state index in [9.17, 15) is 0 Å². The predicted molar refractivity (Wildman–Crippen MR) is 130 cm³/mol. The number of hydrogen-bond donors (Lipinski definition) is 2. The van der Waals surface area contributed by atoms with E-state index in [1.165, 1.54) is 5.69 Å². The summed E-state index contributed by atoms with van der Waals surface area (Å²) in [6.45, 7) is 14.0. The summed E-state index contributed by atoms with van der Waals surface area (Å²) in [5.74, 6) is 0.919. The molecule has 1 aliphatic heterocycles. The molecule has 28 heavy (non-hydrogen) atoms. The fourth-order valence-corrected chi connectivity index (χ4v) is 3.22. The molecule has 7 heteroatoms. The number of anilines is 1. The van der Waals surface area contributed by atoms with E-state index in [0.29, 0.717) is 0 Å². The lowest BCUT2D eigenvalue weighted by Gasteiger charge is -2.36. The summed E-state index contributed by atoms with van der Waals surface area (Å²) in [6.07, 6.45) is 2.10. The highest BCUT2D eigenvalue weighted by Crippen LogP contribution is 2.15. The molecule has 1 aromatic carbocycles. The van der Waals surface area contributed by atoms with E-state index in [1.54, 1.807) is 0 Å². The Labute approximate surface area is 188 Å². The summed E-state index contributed by atoms with van der Waals surface area (Å²) in [4.78, 5) is 9.65. The third kappa shape index (κ3) is 9.93. The van der Waals surface area contributed by atoms with Gasteiger partial charge in [-0.05, 0) is 45.4 Å². The van der Waals surface area contributed by atoms with E-state index in [1.807, 2.05) is 6.92 Å². The van der Waals surface area contributed by atoms with Crippen LogP contribution in [-0.2, 0) is 4.74 Å². The summed E-state index contributed by atoms with van der Waals surface area (Å²) in [6, 6.07) is 10.7. The Morgan fingerprint density at radius 2 is 1.79 bits per heavy atom. The number of aliphatic imine (C=N–C) groups is 1. The summed E-state index contributed by atoms with van der Waals surface area (Å²) < 4.78 is 5.36. The van der Waals surface area contributed by atoms with Crippen molar-refractivity contribution in [1.82, 2.24) is 15.5 Å². The summed E-state index contributed by atoms with van der Waals surface area (Å²) in [7, 11) is 0. The zero-order valence-corrected chi connectivity index (χ0v) is 19.9. The Morgan fingerprint density at radius 1 is 1.04 bits per heavy atom. The fourth-order valence-electron chi connectivity index (χ4n) is 3.22. The van der Waals surface area contributed by atoms with Crippen LogP contribution in [0.2, 0.25) is 0 Å². The molecule has 0 aromatic heterocycles. The first-order chi connectivity index (χ1) is 13.3. The van der Waals surface area contributed by atoms with Crippen molar-refractivity contribution in [1.29, 1.82) is 0 Å². The van der Waals surface area contributed by atoms with Crippen LogP contribution in [0.25, 0.3) is 0 Å². The topological polar surface area (TPSA) is 52.1 Å². The van der Waals surface area contributed by atoms with Gasteiger partial charge in [-0.15, -0.1) is 24.0 Å². The lowest BCUT2D eigenvalue weighted by Crippen LogP contribution is -2.47. The van der Waals surface area contributed by atoms with Gasteiger partial charge in [-0.3, -0.25) is 9.89 Å². The molecular weight excluding hydrogens is 465 g/mol. The molecule has 1 saturated heterocycles. The Hall–Kier alpha value is -1.06. The van der Waals surface area contributed by atoms with Crippen molar-refractivity contribution in [2.75, 3.05) is 70.5 Å². The van der Waals surface area contributed by atoms with E-state index in [4.69, 9.17) is 4.74 Å². The second kappa shape index (κ2) is 15.8. The number of halogens is 1. The monoisotopic (exact) mass is 503 g/mol. The summed E-state index contributed by atoms with van der Waals surface area (Å²) in [5, 5.41) is 6.76. The first-order valence-electron chi connectivity index (χ1n) is 10.5. The third-order valence-electron chi connectivity index (χ3n) is 4.70. The number of para-hydroxylation sites is 1. The van der Waals surface area contributed by atoms with Crippen molar-refractivity contribution in [3.63, 3.8) is 0 Å². The van der Waals surface area contributed by atoms with Crippen LogP contribution in [0.1, 0.15) is 26.7 Å². The Balaban J connectivity index is 0.00000392. The minimum absolute atomic E-state index is 0. The zero-order valence-electron chi connectivity index (χ0n) is 17.5. The van der Waals surface area contributed by atoms with Crippen molar-refractivity contribution in [2.24, 2.45) is 4.99 Å². The van der Waals surface area contributed by atoms with Gasteiger partial charge in [0.05, 0.1) is 0 Å². The highest BCUT2D eigenvalue weighted by molar-refractivity contribution is 14.0. The van der Waals surface area contributed by atoms with Gasteiger partial charge >= 0.3 is 0 Å². The molecule has 2 rings (SSSR count). The maximum absolute atomic E-state index is 5.36. The van der Waals surface area contributed by atoms with Crippen molar-refractivity contribution in [3.05, 3.63) is 30.3 Å². The van der Waals surface area contributed by atoms with Crippen molar-refractivity contribution in [2.45, 2.75) is 26.7 Å². The van der Waals surface area contributed by atoms with Crippen LogP contribution in [0.3, 0.4) is 0 Å². The number of guanidine groups is 1. The molecule has 0 aliphatic carbocycles. The SMILES string of the molecule is CCNC(=NCCCOCC)NCCCN1CCN(c2ccccc2)CC1.I. The maximum atomic E-state index is 5.36. The van der Waals surface area contributed by atoms with Gasteiger partial charge in [0, 0.05) is 64.7 Å². The molecule has 0 radical (unpaired) electrons. The molecule has 0 atom stereocenters. The normalized spacial score (nSPS) is 15.2. The van der Waals surface area contributed by atoms with Crippen LogP contribution in [0.15, 0.2) is 35.3 Å². The standard InChI is InChI=1S/C21H37N5O.HI/c1-3-22-21(24-13-9-19-27-4-2)23-12-8-14-25-15-17-26(18-16-25)20-10-6-5-7-11-20;/h5-7,10-11H,3-4,8-9,12-19H2,1-2H3,(H2,22,23,24);1H. The van der Waals surface area contributed by atoms with Gasteiger partial charge in [0.1, 0.15) is 0 Å². The van der Waals surface area contributed by atoms with Crippen molar-refractivity contribution >= 4 is 35.6 Å². The summed E-state index contributed by atoms with van der Waals surface area (Å²) in [5.41, 5.74) is 1.34. The highest BCUT2D eigenvalue weighted by Gasteiger charge is 2.16. The lowest BCUT2D eigenvalue weighted by molar-refractivity contribution is 0.146. The predicted octanol–water partition coefficient (Wildman–Crippen LogP) is 2.80. The van der Waals surface area contributed by atoms with Crippen LogP contribution < -0.4 is 15.5 Å².